The first-order valence-corrected chi connectivity index (χ1v) is 9.37. The molecule has 1 unspecified atom stereocenters. The number of hydrogen-bond acceptors (Lipinski definition) is 7. The zero-order valence-electron chi connectivity index (χ0n) is 16.6. The molecular weight excluding hydrogens is 386 g/mol. The highest BCUT2D eigenvalue weighted by Gasteiger charge is 2.35. The highest BCUT2D eigenvalue weighted by molar-refractivity contribution is 5.95. The predicted octanol–water partition coefficient (Wildman–Crippen LogP) is 2.34. The molecule has 5 rings (SSSR count). The van der Waals surface area contributed by atoms with Crippen molar-refractivity contribution in [2.45, 2.75) is 19.3 Å². The SMILES string of the molecule is COc1cccc(C2CC(=O)Nc3c2c(C)nn3-c2ncnc3nc[nH]c23)c1OC. The molecule has 0 saturated heterocycles. The lowest BCUT2D eigenvalue weighted by molar-refractivity contribution is -0.116. The van der Waals surface area contributed by atoms with Crippen molar-refractivity contribution in [1.82, 2.24) is 29.7 Å². The number of nitrogens with one attached hydrogen (secondary N) is 2. The Morgan fingerprint density at radius 3 is 2.83 bits per heavy atom. The Balaban J connectivity index is 1.73. The molecule has 4 heterocycles. The third kappa shape index (κ3) is 2.60. The summed E-state index contributed by atoms with van der Waals surface area (Å²) in [5.41, 5.74) is 3.72. The van der Waals surface area contributed by atoms with Crippen LogP contribution in [-0.2, 0) is 4.79 Å². The number of aromatic nitrogens is 6. The van der Waals surface area contributed by atoms with E-state index < -0.39 is 0 Å². The second-order valence-corrected chi connectivity index (χ2v) is 6.95. The van der Waals surface area contributed by atoms with Gasteiger partial charge in [0.15, 0.2) is 23.0 Å². The number of aryl methyl sites for hydroxylation is 1. The van der Waals surface area contributed by atoms with Crippen LogP contribution >= 0.6 is 0 Å². The van der Waals surface area contributed by atoms with Crippen molar-refractivity contribution in [2.75, 3.05) is 19.5 Å². The van der Waals surface area contributed by atoms with Gasteiger partial charge in [0.2, 0.25) is 5.91 Å². The molecule has 4 aromatic rings. The van der Waals surface area contributed by atoms with Gasteiger partial charge < -0.3 is 19.8 Å². The van der Waals surface area contributed by atoms with Crippen LogP contribution in [0.15, 0.2) is 30.9 Å². The van der Waals surface area contributed by atoms with Gasteiger partial charge in [0.05, 0.1) is 26.2 Å². The summed E-state index contributed by atoms with van der Waals surface area (Å²) in [6, 6.07) is 5.67. The van der Waals surface area contributed by atoms with Crippen LogP contribution in [0, 0.1) is 6.92 Å². The van der Waals surface area contributed by atoms with Gasteiger partial charge in [-0.05, 0) is 13.0 Å². The van der Waals surface area contributed by atoms with Crippen LogP contribution in [0.25, 0.3) is 17.0 Å². The van der Waals surface area contributed by atoms with E-state index in [0.29, 0.717) is 34.3 Å². The Hall–Kier alpha value is -3.95. The average molecular weight is 405 g/mol. The van der Waals surface area contributed by atoms with Gasteiger partial charge in [0, 0.05) is 23.5 Å². The van der Waals surface area contributed by atoms with Crippen LogP contribution in [0.2, 0.25) is 0 Å². The molecule has 0 radical (unpaired) electrons. The van der Waals surface area contributed by atoms with E-state index in [0.717, 1.165) is 16.8 Å². The normalized spacial score (nSPS) is 15.7. The van der Waals surface area contributed by atoms with Crippen LogP contribution in [0.1, 0.15) is 29.2 Å². The van der Waals surface area contributed by atoms with E-state index in [1.165, 1.54) is 6.33 Å². The van der Waals surface area contributed by atoms with Crippen molar-refractivity contribution in [3.8, 4) is 17.3 Å². The molecule has 1 amide bonds. The largest absolute Gasteiger partial charge is 0.493 e. The van der Waals surface area contributed by atoms with Crippen LogP contribution in [0.3, 0.4) is 0 Å². The van der Waals surface area contributed by atoms with Gasteiger partial charge in [-0.3, -0.25) is 4.79 Å². The second-order valence-electron chi connectivity index (χ2n) is 6.95. The summed E-state index contributed by atoms with van der Waals surface area (Å²) in [6.07, 6.45) is 3.25. The van der Waals surface area contributed by atoms with Gasteiger partial charge >= 0.3 is 0 Å². The van der Waals surface area contributed by atoms with Gasteiger partial charge in [0.25, 0.3) is 0 Å². The highest BCUT2D eigenvalue weighted by Crippen LogP contribution is 2.45. The Kier molecular flexibility index (Phi) is 4.12. The molecule has 1 aliphatic heterocycles. The molecule has 0 saturated carbocycles. The van der Waals surface area contributed by atoms with Gasteiger partial charge in [-0.25, -0.2) is 15.0 Å². The molecule has 1 atom stereocenters. The number of hydrogen-bond donors (Lipinski definition) is 2. The van der Waals surface area contributed by atoms with E-state index in [2.05, 4.69) is 25.3 Å². The monoisotopic (exact) mass is 405 g/mol. The zero-order valence-corrected chi connectivity index (χ0v) is 16.6. The van der Waals surface area contributed by atoms with Crippen molar-refractivity contribution in [1.29, 1.82) is 0 Å². The number of carbonyl (C=O) groups excluding carboxylic acids is 1. The number of nitrogens with zero attached hydrogens (tertiary/aromatic N) is 5. The summed E-state index contributed by atoms with van der Waals surface area (Å²) in [5.74, 6) is 1.95. The standard InChI is InChI=1S/C20H19N7O3/c1-10-15-12(11-5-4-6-13(29-2)17(11)30-3)7-14(28)25-19(15)27(26-10)20-16-18(22-8-21-16)23-9-24-20/h4-6,8-9,12H,7H2,1-3H3,(H,25,28)(H,21,22,23,24). The number of benzene rings is 1. The number of H-pyrrole nitrogens is 1. The van der Waals surface area contributed by atoms with Gasteiger partial charge in [-0.2, -0.15) is 9.78 Å². The number of carbonyl (C=O) groups is 1. The zero-order chi connectivity index (χ0) is 20.8. The van der Waals surface area contributed by atoms with Crippen LogP contribution in [0.5, 0.6) is 11.5 Å². The fourth-order valence-corrected chi connectivity index (χ4v) is 4.07. The predicted molar refractivity (Wildman–Crippen MR) is 108 cm³/mol. The molecule has 0 fully saturated rings. The summed E-state index contributed by atoms with van der Waals surface area (Å²) in [4.78, 5) is 28.4. The van der Waals surface area contributed by atoms with E-state index in [4.69, 9.17) is 14.6 Å². The minimum absolute atomic E-state index is 0.117. The molecule has 2 N–H and O–H groups in total. The van der Waals surface area contributed by atoms with E-state index in [1.807, 2.05) is 25.1 Å². The Morgan fingerprint density at radius 2 is 2.03 bits per heavy atom. The number of anilines is 1. The summed E-state index contributed by atoms with van der Waals surface area (Å²) < 4.78 is 12.7. The molecule has 30 heavy (non-hydrogen) atoms. The smallest absolute Gasteiger partial charge is 0.226 e. The Morgan fingerprint density at radius 1 is 1.17 bits per heavy atom. The number of rotatable bonds is 4. The Labute approximate surface area is 171 Å². The fraction of sp³-hybridized carbons (Fsp3) is 0.250. The number of para-hydroxylation sites is 1. The number of methoxy groups -OCH3 is 2. The first-order chi connectivity index (χ1) is 14.6. The maximum absolute atomic E-state index is 12.7. The molecule has 10 nitrogen and oxygen atoms in total. The molecule has 3 aromatic heterocycles. The third-order valence-corrected chi connectivity index (χ3v) is 5.31. The van der Waals surface area contributed by atoms with Gasteiger partial charge in [0.1, 0.15) is 17.7 Å². The topological polar surface area (TPSA) is 120 Å². The van der Waals surface area contributed by atoms with Crippen molar-refractivity contribution in [3.05, 3.63) is 47.7 Å². The number of aromatic amines is 1. The van der Waals surface area contributed by atoms with Crippen LogP contribution in [-0.4, -0.2) is 49.8 Å². The number of imidazole rings is 1. The molecule has 10 heteroatoms. The molecule has 0 spiro atoms. The van der Waals surface area contributed by atoms with E-state index >= 15 is 0 Å². The molecule has 1 aliphatic rings. The van der Waals surface area contributed by atoms with Crippen LogP contribution in [0.4, 0.5) is 5.82 Å². The van der Waals surface area contributed by atoms with Crippen molar-refractivity contribution in [2.24, 2.45) is 0 Å². The first-order valence-electron chi connectivity index (χ1n) is 9.37. The molecule has 0 aliphatic carbocycles. The quantitative estimate of drug-likeness (QED) is 0.535. The summed E-state index contributed by atoms with van der Waals surface area (Å²) >= 11 is 0. The van der Waals surface area contributed by atoms with Crippen molar-refractivity contribution < 1.29 is 14.3 Å². The average Bonchev–Trinajstić information content (AvgIpc) is 3.37. The van der Waals surface area contributed by atoms with Gasteiger partial charge in [-0.15, -0.1) is 0 Å². The Bertz CT molecular complexity index is 1280. The number of amides is 1. The fourth-order valence-electron chi connectivity index (χ4n) is 4.07. The number of fused-ring (bicyclic) bond motifs is 2. The minimum atomic E-state index is -0.244. The van der Waals surface area contributed by atoms with E-state index in [1.54, 1.807) is 25.2 Å². The molecule has 152 valence electrons. The minimum Gasteiger partial charge on any atom is -0.493 e. The summed E-state index contributed by atoms with van der Waals surface area (Å²) in [7, 11) is 3.19. The maximum atomic E-state index is 12.7. The second kappa shape index (κ2) is 6.83. The maximum Gasteiger partial charge on any atom is 0.226 e. The lowest BCUT2D eigenvalue weighted by Gasteiger charge is -2.26. The lowest BCUT2D eigenvalue weighted by Crippen LogP contribution is -2.25. The van der Waals surface area contributed by atoms with Crippen molar-refractivity contribution in [3.63, 3.8) is 0 Å². The summed E-state index contributed by atoms with van der Waals surface area (Å²) in [6.45, 7) is 1.91. The van der Waals surface area contributed by atoms with Gasteiger partial charge in [-0.1, -0.05) is 12.1 Å². The lowest BCUT2D eigenvalue weighted by atomic mass is 9.85. The highest BCUT2D eigenvalue weighted by atomic mass is 16.5. The van der Waals surface area contributed by atoms with Crippen molar-refractivity contribution >= 4 is 22.9 Å². The molecule has 0 bridgehead atoms. The van der Waals surface area contributed by atoms with E-state index in [-0.39, 0.29) is 18.2 Å². The molecular formula is C20H19N7O3. The third-order valence-electron chi connectivity index (χ3n) is 5.31. The number of ether oxygens (including phenoxy) is 2. The van der Waals surface area contributed by atoms with E-state index in [9.17, 15) is 4.79 Å². The molecule has 1 aromatic carbocycles. The van der Waals surface area contributed by atoms with Crippen LogP contribution < -0.4 is 14.8 Å². The summed E-state index contributed by atoms with van der Waals surface area (Å²) in [5, 5.41) is 7.66. The first kappa shape index (κ1) is 18.1.